The second kappa shape index (κ2) is 4.77. The lowest BCUT2D eigenvalue weighted by molar-refractivity contribution is 0.349. The highest BCUT2D eigenvalue weighted by Gasteiger charge is 2.21. The van der Waals surface area contributed by atoms with E-state index in [0.717, 1.165) is 11.6 Å². The molecule has 2 unspecified atom stereocenters. The maximum Gasteiger partial charge on any atom is 0.0392 e. The number of nitrogen functional groups attached to an aromatic ring is 1. The van der Waals surface area contributed by atoms with Gasteiger partial charge in [-0.1, -0.05) is 25.8 Å². The highest BCUT2D eigenvalue weighted by atomic mass is 14.9. The molecule has 0 aromatic heterocycles. The molecule has 2 nitrogen and oxygen atoms in total. The molecule has 2 atom stereocenters. The lowest BCUT2D eigenvalue weighted by atomic mass is 9.85. The summed E-state index contributed by atoms with van der Waals surface area (Å²) in [4.78, 5) is 0. The Morgan fingerprint density at radius 2 is 2.00 bits per heavy atom. The number of benzene rings is 1. The summed E-state index contributed by atoms with van der Waals surface area (Å²) in [5, 5.41) is 3.66. The van der Waals surface area contributed by atoms with Crippen LogP contribution in [0.3, 0.4) is 0 Å². The van der Waals surface area contributed by atoms with E-state index in [1.165, 1.54) is 36.9 Å². The normalized spacial score (nSPS) is 25.4. The number of hydrogen-bond acceptors (Lipinski definition) is 2. The number of anilines is 2. The van der Waals surface area contributed by atoms with Gasteiger partial charge in [-0.3, -0.25) is 0 Å². The Morgan fingerprint density at radius 3 is 2.75 bits per heavy atom. The van der Waals surface area contributed by atoms with Gasteiger partial charge in [0.2, 0.25) is 0 Å². The Kier molecular flexibility index (Phi) is 3.37. The molecule has 1 aliphatic carbocycles. The summed E-state index contributed by atoms with van der Waals surface area (Å²) in [6, 6.07) is 6.74. The Morgan fingerprint density at radius 1 is 1.25 bits per heavy atom. The predicted octanol–water partition coefficient (Wildman–Crippen LogP) is 3.57. The second-order valence-corrected chi connectivity index (χ2v) is 5.03. The molecule has 1 aromatic rings. The van der Waals surface area contributed by atoms with Crippen LogP contribution in [0.4, 0.5) is 11.4 Å². The minimum atomic E-state index is 0.620. The first-order valence-corrected chi connectivity index (χ1v) is 6.30. The average Bonchev–Trinajstić information content (AvgIpc) is 2.28. The molecule has 2 rings (SSSR count). The summed E-state index contributed by atoms with van der Waals surface area (Å²) in [5.41, 5.74) is 9.19. The molecular weight excluding hydrogens is 196 g/mol. The van der Waals surface area contributed by atoms with Gasteiger partial charge in [0.15, 0.2) is 0 Å². The molecule has 0 saturated heterocycles. The third kappa shape index (κ3) is 2.31. The van der Waals surface area contributed by atoms with Gasteiger partial charge in [-0.2, -0.15) is 0 Å². The van der Waals surface area contributed by atoms with Crippen molar-refractivity contribution in [2.75, 3.05) is 11.1 Å². The third-order valence-electron chi connectivity index (χ3n) is 3.83. The van der Waals surface area contributed by atoms with Gasteiger partial charge in [0.25, 0.3) is 0 Å². The van der Waals surface area contributed by atoms with E-state index in [1.807, 2.05) is 12.1 Å². The van der Waals surface area contributed by atoms with E-state index in [-0.39, 0.29) is 0 Å². The van der Waals surface area contributed by atoms with Crippen molar-refractivity contribution < 1.29 is 0 Å². The molecule has 0 aliphatic heterocycles. The first-order chi connectivity index (χ1) is 7.68. The van der Waals surface area contributed by atoms with Crippen molar-refractivity contribution in [2.45, 2.75) is 45.6 Å². The first kappa shape index (κ1) is 11.3. The Labute approximate surface area is 98.2 Å². The van der Waals surface area contributed by atoms with Crippen LogP contribution in [0.1, 0.15) is 38.2 Å². The lowest BCUT2D eigenvalue weighted by Gasteiger charge is -2.31. The molecule has 16 heavy (non-hydrogen) atoms. The van der Waals surface area contributed by atoms with Crippen molar-refractivity contribution in [2.24, 2.45) is 5.92 Å². The fraction of sp³-hybridized carbons (Fsp3) is 0.571. The fourth-order valence-electron chi connectivity index (χ4n) is 2.54. The third-order valence-corrected chi connectivity index (χ3v) is 3.83. The largest absolute Gasteiger partial charge is 0.398 e. The van der Waals surface area contributed by atoms with Crippen molar-refractivity contribution in [1.29, 1.82) is 0 Å². The monoisotopic (exact) mass is 218 g/mol. The van der Waals surface area contributed by atoms with Crippen molar-refractivity contribution in [3.63, 3.8) is 0 Å². The van der Waals surface area contributed by atoms with E-state index in [2.05, 4.69) is 25.2 Å². The van der Waals surface area contributed by atoms with Crippen LogP contribution in [0.25, 0.3) is 0 Å². The second-order valence-electron chi connectivity index (χ2n) is 5.03. The minimum Gasteiger partial charge on any atom is -0.398 e. The SMILES string of the molecule is Cc1c(N)cccc1NC1CCCCC1C. The molecule has 88 valence electrons. The smallest absolute Gasteiger partial charge is 0.0392 e. The summed E-state index contributed by atoms with van der Waals surface area (Å²) < 4.78 is 0. The van der Waals surface area contributed by atoms with Crippen LogP contribution in [-0.2, 0) is 0 Å². The molecule has 3 N–H and O–H groups in total. The molecule has 1 aliphatic rings. The molecule has 0 radical (unpaired) electrons. The van der Waals surface area contributed by atoms with Gasteiger partial charge in [0, 0.05) is 17.4 Å². The van der Waals surface area contributed by atoms with E-state index in [4.69, 9.17) is 5.73 Å². The molecule has 0 amide bonds. The number of rotatable bonds is 2. The number of nitrogens with one attached hydrogen (secondary N) is 1. The van der Waals surface area contributed by atoms with Gasteiger partial charge in [0.05, 0.1) is 0 Å². The zero-order valence-corrected chi connectivity index (χ0v) is 10.3. The zero-order chi connectivity index (χ0) is 11.5. The highest BCUT2D eigenvalue weighted by Crippen LogP contribution is 2.29. The minimum absolute atomic E-state index is 0.620. The highest BCUT2D eigenvalue weighted by molar-refractivity contribution is 5.63. The van der Waals surface area contributed by atoms with Crippen molar-refractivity contribution in [3.8, 4) is 0 Å². The van der Waals surface area contributed by atoms with Gasteiger partial charge in [-0.25, -0.2) is 0 Å². The first-order valence-electron chi connectivity index (χ1n) is 6.30. The molecule has 0 spiro atoms. The van der Waals surface area contributed by atoms with Crippen LogP contribution in [-0.4, -0.2) is 6.04 Å². The van der Waals surface area contributed by atoms with Gasteiger partial charge in [0.1, 0.15) is 0 Å². The molecule has 0 bridgehead atoms. The van der Waals surface area contributed by atoms with Crippen molar-refractivity contribution in [1.82, 2.24) is 0 Å². The standard InChI is InChI=1S/C14H22N2/c1-10-6-3-4-8-13(10)16-14-9-5-7-12(15)11(14)2/h5,7,9-10,13,16H,3-4,6,8,15H2,1-2H3. The van der Waals surface area contributed by atoms with Crippen molar-refractivity contribution in [3.05, 3.63) is 23.8 Å². The molecule has 0 heterocycles. The quantitative estimate of drug-likeness (QED) is 0.745. The van der Waals surface area contributed by atoms with E-state index in [9.17, 15) is 0 Å². The molecule has 2 heteroatoms. The topological polar surface area (TPSA) is 38.0 Å². The number of nitrogens with two attached hydrogens (primary N) is 1. The summed E-state index contributed by atoms with van der Waals surface area (Å²) in [6.07, 6.45) is 5.37. The van der Waals surface area contributed by atoms with Crippen LogP contribution in [0.5, 0.6) is 0 Å². The van der Waals surface area contributed by atoms with Gasteiger partial charge < -0.3 is 11.1 Å². The van der Waals surface area contributed by atoms with E-state index >= 15 is 0 Å². The Balaban J connectivity index is 2.10. The summed E-state index contributed by atoms with van der Waals surface area (Å²) in [6.45, 7) is 4.43. The Hall–Kier alpha value is -1.18. The van der Waals surface area contributed by atoms with Gasteiger partial charge in [-0.15, -0.1) is 0 Å². The van der Waals surface area contributed by atoms with Crippen LogP contribution in [0.15, 0.2) is 18.2 Å². The van der Waals surface area contributed by atoms with Gasteiger partial charge >= 0.3 is 0 Å². The van der Waals surface area contributed by atoms with E-state index < -0.39 is 0 Å². The predicted molar refractivity (Wildman–Crippen MR) is 70.6 cm³/mol. The molecule has 1 fully saturated rings. The fourth-order valence-corrected chi connectivity index (χ4v) is 2.54. The maximum absolute atomic E-state index is 5.92. The Bertz CT molecular complexity index is 360. The molecular formula is C14H22N2. The van der Waals surface area contributed by atoms with E-state index in [0.29, 0.717) is 6.04 Å². The van der Waals surface area contributed by atoms with Crippen LogP contribution < -0.4 is 11.1 Å². The van der Waals surface area contributed by atoms with Crippen LogP contribution in [0.2, 0.25) is 0 Å². The van der Waals surface area contributed by atoms with Crippen LogP contribution in [0, 0.1) is 12.8 Å². The zero-order valence-electron chi connectivity index (χ0n) is 10.3. The molecule has 1 saturated carbocycles. The van der Waals surface area contributed by atoms with E-state index in [1.54, 1.807) is 0 Å². The molecule has 1 aromatic carbocycles. The average molecular weight is 218 g/mol. The maximum atomic E-state index is 5.92. The summed E-state index contributed by atoms with van der Waals surface area (Å²) >= 11 is 0. The van der Waals surface area contributed by atoms with Crippen LogP contribution >= 0.6 is 0 Å². The van der Waals surface area contributed by atoms with Crippen molar-refractivity contribution >= 4 is 11.4 Å². The summed E-state index contributed by atoms with van der Waals surface area (Å²) in [7, 11) is 0. The number of hydrogen-bond donors (Lipinski definition) is 2. The lowest BCUT2D eigenvalue weighted by Crippen LogP contribution is -2.30. The summed E-state index contributed by atoms with van der Waals surface area (Å²) in [5.74, 6) is 0.773. The van der Waals surface area contributed by atoms with Gasteiger partial charge in [-0.05, 0) is 43.4 Å².